The number of likely N-dealkylation sites (tertiary alicyclic amines) is 1. The lowest BCUT2D eigenvalue weighted by Gasteiger charge is -2.41. The summed E-state index contributed by atoms with van der Waals surface area (Å²) in [5.41, 5.74) is 2.54. The van der Waals surface area contributed by atoms with Gasteiger partial charge in [-0.3, -0.25) is 14.5 Å². The number of carbonyl (C=O) groups excluding carboxylic acids is 1. The maximum Gasteiger partial charge on any atom is 0.247 e. The maximum atomic E-state index is 14.9. The largest absolute Gasteiger partial charge is 0.494 e. The number of anilines is 5. The van der Waals surface area contributed by atoms with Gasteiger partial charge in [0.1, 0.15) is 23.7 Å². The molecule has 4 saturated heterocycles. The number of carbonyl (C=O) groups is 1. The summed E-state index contributed by atoms with van der Waals surface area (Å²) in [4.78, 5) is 32.2. The van der Waals surface area contributed by atoms with E-state index in [2.05, 4.69) is 37.0 Å². The van der Waals surface area contributed by atoms with E-state index >= 15 is 0 Å². The second-order valence-electron chi connectivity index (χ2n) is 12.0. The van der Waals surface area contributed by atoms with Crippen LogP contribution in [0.1, 0.15) is 37.3 Å². The molecule has 3 atom stereocenters. The van der Waals surface area contributed by atoms with Gasteiger partial charge in [0.2, 0.25) is 5.91 Å². The Hall–Kier alpha value is -3.97. The fourth-order valence-corrected chi connectivity index (χ4v) is 7.31. The standard InChI is InChI=1S/C33H37ClFN7O4/c1-3-32(43)39-25-14-26(29(44-2)15-28(25)40-10-7-20(8-11-40)41-17-22-13-21(41)18-45-22)38-30-16-31(37-19-36-30)42-27(9-12-46-42)23-5-4-6-24(34)33(23)35/h3-6,14-16,19-22,27H,1,7-13,17-18H2,2H3,(H,39,43)(H,36,37,38)/t21-,22-,27-/m1/s1. The molecular weight excluding hydrogens is 613 g/mol. The lowest BCUT2D eigenvalue weighted by Crippen LogP contribution is -2.49. The first-order valence-electron chi connectivity index (χ1n) is 15.6. The Morgan fingerprint density at radius 1 is 1.15 bits per heavy atom. The first-order chi connectivity index (χ1) is 22.4. The minimum absolute atomic E-state index is 0.0576. The van der Waals surface area contributed by atoms with Crippen molar-refractivity contribution in [2.24, 2.45) is 0 Å². The summed E-state index contributed by atoms with van der Waals surface area (Å²) < 4.78 is 26.6. The van der Waals surface area contributed by atoms with Crippen LogP contribution >= 0.6 is 11.6 Å². The number of hydroxylamine groups is 1. The zero-order valence-corrected chi connectivity index (χ0v) is 26.4. The molecule has 0 radical (unpaired) electrons. The molecule has 2 aromatic carbocycles. The van der Waals surface area contributed by atoms with Gasteiger partial charge in [-0.05, 0) is 37.5 Å². The van der Waals surface area contributed by atoms with Crippen molar-refractivity contribution in [1.82, 2.24) is 14.9 Å². The third kappa shape index (κ3) is 5.97. The summed E-state index contributed by atoms with van der Waals surface area (Å²) in [6.45, 7) is 7.61. The van der Waals surface area contributed by atoms with Crippen molar-refractivity contribution in [2.45, 2.75) is 49.9 Å². The quantitative estimate of drug-likeness (QED) is 0.290. The van der Waals surface area contributed by atoms with Crippen LogP contribution in [0.5, 0.6) is 5.75 Å². The molecule has 5 heterocycles. The predicted molar refractivity (Wildman–Crippen MR) is 174 cm³/mol. The van der Waals surface area contributed by atoms with Gasteiger partial charge < -0.3 is 25.0 Å². The molecule has 4 aliphatic rings. The number of benzene rings is 2. The number of rotatable bonds is 9. The Kier molecular flexibility index (Phi) is 8.69. The molecule has 4 aliphatic heterocycles. The monoisotopic (exact) mass is 649 g/mol. The van der Waals surface area contributed by atoms with Crippen LogP contribution in [0.2, 0.25) is 5.02 Å². The fourth-order valence-electron chi connectivity index (χ4n) is 7.13. The number of morpholine rings is 1. The minimum Gasteiger partial charge on any atom is -0.494 e. The van der Waals surface area contributed by atoms with E-state index in [1.54, 1.807) is 30.4 Å². The number of amides is 1. The number of aromatic nitrogens is 2. The highest BCUT2D eigenvalue weighted by Crippen LogP contribution is 2.42. The summed E-state index contributed by atoms with van der Waals surface area (Å²) in [6, 6.07) is 11.1. The summed E-state index contributed by atoms with van der Waals surface area (Å²) in [7, 11) is 1.61. The Balaban J connectivity index is 1.12. The smallest absolute Gasteiger partial charge is 0.247 e. The molecule has 0 spiro atoms. The van der Waals surface area contributed by atoms with Gasteiger partial charge in [-0.2, -0.15) is 0 Å². The lowest BCUT2D eigenvalue weighted by molar-refractivity contribution is -0.111. The number of halogens is 2. The van der Waals surface area contributed by atoms with Crippen LogP contribution in [-0.2, 0) is 14.4 Å². The number of ether oxygens (including phenoxy) is 2. The number of nitrogens with zero attached hydrogens (tertiary/aromatic N) is 5. The number of hydrogen-bond acceptors (Lipinski definition) is 10. The van der Waals surface area contributed by atoms with E-state index in [1.165, 1.54) is 18.5 Å². The highest BCUT2D eigenvalue weighted by molar-refractivity contribution is 6.30. The average molecular weight is 650 g/mol. The van der Waals surface area contributed by atoms with Crippen molar-refractivity contribution in [3.05, 3.63) is 71.8 Å². The summed E-state index contributed by atoms with van der Waals surface area (Å²) in [6.07, 6.45) is 6.82. The Morgan fingerprint density at radius 3 is 2.74 bits per heavy atom. The highest BCUT2D eigenvalue weighted by Gasteiger charge is 2.43. The normalized spacial score (nSPS) is 23.2. The van der Waals surface area contributed by atoms with Crippen LogP contribution in [0.3, 0.4) is 0 Å². The van der Waals surface area contributed by atoms with Crippen LogP contribution in [-0.4, -0.2) is 78.9 Å². The van der Waals surface area contributed by atoms with Gasteiger partial charge in [-0.15, -0.1) is 0 Å². The van der Waals surface area contributed by atoms with Gasteiger partial charge in [0.05, 0.1) is 54.6 Å². The molecule has 46 heavy (non-hydrogen) atoms. The van der Waals surface area contributed by atoms with Crippen molar-refractivity contribution < 1.29 is 23.5 Å². The topological polar surface area (TPSA) is 104 Å². The first-order valence-corrected chi connectivity index (χ1v) is 16.0. The molecule has 1 aromatic heterocycles. The molecule has 7 rings (SSSR count). The molecule has 242 valence electrons. The molecule has 0 saturated carbocycles. The van der Waals surface area contributed by atoms with E-state index in [9.17, 15) is 9.18 Å². The first kappa shape index (κ1) is 30.7. The number of piperidine rings is 1. The SMILES string of the molecule is C=CC(=O)Nc1cc(Nc2cc(N3OCC[C@@H]3c3cccc(Cl)c3F)ncn2)c(OC)cc1N1CCC(N2C[C@H]3C[C@@H]2CO3)CC1. The Labute approximate surface area is 272 Å². The molecule has 0 aliphatic carbocycles. The molecular formula is C33H37ClFN7O4. The molecule has 13 heteroatoms. The van der Waals surface area contributed by atoms with Gasteiger partial charge in [0.25, 0.3) is 0 Å². The van der Waals surface area contributed by atoms with Crippen LogP contribution < -0.4 is 25.3 Å². The van der Waals surface area contributed by atoms with Gasteiger partial charge in [0.15, 0.2) is 5.82 Å². The third-order valence-corrected chi connectivity index (χ3v) is 9.66. The van der Waals surface area contributed by atoms with Crippen molar-refractivity contribution in [3.8, 4) is 5.75 Å². The van der Waals surface area contributed by atoms with Crippen molar-refractivity contribution in [1.29, 1.82) is 0 Å². The molecule has 2 bridgehead atoms. The number of methoxy groups -OCH3 is 1. The molecule has 1 amide bonds. The molecule has 11 nitrogen and oxygen atoms in total. The highest BCUT2D eigenvalue weighted by atomic mass is 35.5. The van der Waals surface area contributed by atoms with Crippen LogP contribution in [0.25, 0.3) is 0 Å². The van der Waals surface area contributed by atoms with Crippen LogP contribution in [0.4, 0.5) is 33.1 Å². The fraction of sp³-hybridized carbons (Fsp3) is 0.424. The zero-order chi connectivity index (χ0) is 31.8. The van der Waals surface area contributed by atoms with Crippen molar-refractivity contribution >= 4 is 46.2 Å². The second kappa shape index (κ2) is 13.0. The maximum absolute atomic E-state index is 14.9. The predicted octanol–water partition coefficient (Wildman–Crippen LogP) is 5.47. The molecule has 3 aromatic rings. The van der Waals surface area contributed by atoms with Gasteiger partial charge >= 0.3 is 0 Å². The third-order valence-electron chi connectivity index (χ3n) is 9.36. The zero-order valence-electron chi connectivity index (χ0n) is 25.6. The van der Waals surface area contributed by atoms with Gasteiger partial charge in [0, 0.05) is 55.8 Å². The van der Waals surface area contributed by atoms with Gasteiger partial charge in [-0.25, -0.2) is 19.4 Å². The lowest BCUT2D eigenvalue weighted by atomic mass is 10.0. The second-order valence-corrected chi connectivity index (χ2v) is 12.4. The van der Waals surface area contributed by atoms with Crippen LogP contribution in [0, 0.1) is 5.82 Å². The number of fused-ring (bicyclic) bond motifs is 2. The molecule has 0 unspecified atom stereocenters. The summed E-state index contributed by atoms with van der Waals surface area (Å²) in [5.74, 6) is 0.713. The summed E-state index contributed by atoms with van der Waals surface area (Å²) in [5, 5.41) is 7.94. The van der Waals surface area contributed by atoms with E-state index in [1.807, 2.05) is 12.1 Å². The van der Waals surface area contributed by atoms with Crippen molar-refractivity contribution in [3.63, 3.8) is 0 Å². The average Bonchev–Trinajstić information content (AvgIpc) is 3.85. The Bertz CT molecular complexity index is 1620. The van der Waals surface area contributed by atoms with E-state index in [-0.39, 0.29) is 10.9 Å². The molecule has 4 fully saturated rings. The molecule has 2 N–H and O–H groups in total. The van der Waals surface area contributed by atoms with E-state index < -0.39 is 11.9 Å². The van der Waals surface area contributed by atoms with Gasteiger partial charge in [-0.1, -0.05) is 30.3 Å². The number of hydrogen-bond donors (Lipinski definition) is 2. The Morgan fingerprint density at radius 2 is 2.00 bits per heavy atom. The number of nitrogens with one attached hydrogen (secondary N) is 2. The van der Waals surface area contributed by atoms with E-state index in [0.717, 1.165) is 51.2 Å². The van der Waals surface area contributed by atoms with E-state index in [4.69, 9.17) is 25.9 Å². The summed E-state index contributed by atoms with van der Waals surface area (Å²) >= 11 is 6.07. The minimum atomic E-state index is -0.474. The van der Waals surface area contributed by atoms with E-state index in [0.29, 0.717) is 65.5 Å². The van der Waals surface area contributed by atoms with Crippen molar-refractivity contribution in [2.75, 3.05) is 60.6 Å². The van der Waals surface area contributed by atoms with Crippen LogP contribution in [0.15, 0.2) is 55.4 Å².